The third kappa shape index (κ3) is 2.52. The van der Waals surface area contributed by atoms with Crippen molar-refractivity contribution in [3.63, 3.8) is 0 Å². The molecule has 0 amide bonds. The quantitative estimate of drug-likeness (QED) is 0.768. The first kappa shape index (κ1) is 13.0. The van der Waals surface area contributed by atoms with Gasteiger partial charge in [-0.15, -0.1) is 0 Å². The maximum Gasteiger partial charge on any atom is 0.341 e. The molecule has 1 fully saturated rings. The van der Waals surface area contributed by atoms with Crippen LogP contribution in [0.5, 0.6) is 0 Å². The van der Waals surface area contributed by atoms with Gasteiger partial charge in [0.25, 0.3) is 0 Å². The van der Waals surface area contributed by atoms with Crippen LogP contribution in [0.25, 0.3) is 0 Å². The molecule has 1 aliphatic carbocycles. The molecule has 0 spiro atoms. The first-order valence-corrected chi connectivity index (χ1v) is 6.67. The van der Waals surface area contributed by atoms with Crippen molar-refractivity contribution >= 4 is 5.97 Å². The number of esters is 1. The van der Waals surface area contributed by atoms with Crippen LogP contribution in [0.1, 0.15) is 73.7 Å². The summed E-state index contributed by atoms with van der Waals surface area (Å²) in [5.74, 6) is 1.25. The Morgan fingerprint density at radius 1 is 1.50 bits per heavy atom. The van der Waals surface area contributed by atoms with Crippen molar-refractivity contribution < 1.29 is 9.53 Å². The van der Waals surface area contributed by atoms with Crippen LogP contribution >= 0.6 is 0 Å². The maximum absolute atomic E-state index is 11.8. The smallest absolute Gasteiger partial charge is 0.341 e. The number of carbonyl (C=O) groups excluding carboxylic acids is 1. The van der Waals surface area contributed by atoms with Gasteiger partial charge in [0, 0.05) is 12.1 Å². The molecule has 0 aliphatic heterocycles. The van der Waals surface area contributed by atoms with E-state index in [4.69, 9.17) is 4.74 Å². The lowest BCUT2D eigenvalue weighted by Gasteiger charge is -2.24. The van der Waals surface area contributed by atoms with Crippen LogP contribution in [0.15, 0.2) is 6.20 Å². The number of carbonyl (C=O) groups is 1. The molecule has 4 nitrogen and oxygen atoms in total. The molecule has 98 valence electrons. The zero-order chi connectivity index (χ0) is 13.1. The number of hydrogen-bond acceptors (Lipinski definition) is 4. The van der Waals surface area contributed by atoms with Crippen molar-refractivity contribution in [3.8, 4) is 0 Å². The lowest BCUT2D eigenvalue weighted by Crippen LogP contribution is -2.17. The monoisotopic (exact) mass is 248 g/mol. The first-order chi connectivity index (χ1) is 8.63. The zero-order valence-corrected chi connectivity index (χ0v) is 11.3. The molecule has 0 aromatic carbocycles. The van der Waals surface area contributed by atoms with Gasteiger partial charge in [-0.05, 0) is 25.7 Å². The SMILES string of the molecule is CCOC(=O)c1cnc(C2CCC2)nc1C(C)C. The molecule has 0 N–H and O–H groups in total. The summed E-state index contributed by atoms with van der Waals surface area (Å²) in [6.45, 7) is 6.25. The van der Waals surface area contributed by atoms with Crippen LogP contribution in [-0.4, -0.2) is 22.5 Å². The van der Waals surface area contributed by atoms with Crippen molar-refractivity contribution in [1.82, 2.24) is 9.97 Å². The third-order valence-electron chi connectivity index (χ3n) is 3.35. The number of hydrogen-bond donors (Lipinski definition) is 0. The zero-order valence-electron chi connectivity index (χ0n) is 11.3. The second-order valence-electron chi connectivity index (χ2n) is 5.03. The number of nitrogens with zero attached hydrogens (tertiary/aromatic N) is 2. The van der Waals surface area contributed by atoms with Gasteiger partial charge < -0.3 is 4.74 Å². The molecule has 4 heteroatoms. The maximum atomic E-state index is 11.8. The minimum absolute atomic E-state index is 0.200. The molecule has 1 saturated carbocycles. The summed E-state index contributed by atoms with van der Waals surface area (Å²) in [5.41, 5.74) is 1.32. The second kappa shape index (κ2) is 5.46. The summed E-state index contributed by atoms with van der Waals surface area (Å²) in [5, 5.41) is 0. The molecule has 18 heavy (non-hydrogen) atoms. The van der Waals surface area contributed by atoms with Gasteiger partial charge in [0.05, 0.1) is 17.9 Å². The van der Waals surface area contributed by atoms with Gasteiger partial charge in [0.1, 0.15) is 5.82 Å². The van der Waals surface area contributed by atoms with E-state index < -0.39 is 0 Å². The fraction of sp³-hybridized carbons (Fsp3) is 0.643. The van der Waals surface area contributed by atoms with Gasteiger partial charge in [0.15, 0.2) is 0 Å². The molecule has 1 heterocycles. The fourth-order valence-electron chi connectivity index (χ4n) is 2.08. The summed E-state index contributed by atoms with van der Waals surface area (Å²) in [6.07, 6.45) is 5.21. The molecule has 0 bridgehead atoms. The van der Waals surface area contributed by atoms with E-state index in [-0.39, 0.29) is 11.9 Å². The molecular weight excluding hydrogens is 228 g/mol. The highest BCUT2D eigenvalue weighted by Gasteiger charge is 2.25. The van der Waals surface area contributed by atoms with E-state index in [0.29, 0.717) is 18.1 Å². The van der Waals surface area contributed by atoms with Crippen LogP contribution < -0.4 is 0 Å². The molecule has 2 rings (SSSR count). The van der Waals surface area contributed by atoms with E-state index in [1.54, 1.807) is 13.1 Å². The predicted molar refractivity (Wildman–Crippen MR) is 68.7 cm³/mol. The molecule has 1 aromatic rings. The van der Waals surface area contributed by atoms with Crippen LogP contribution in [0, 0.1) is 0 Å². The molecule has 0 atom stereocenters. The van der Waals surface area contributed by atoms with Crippen LogP contribution in [0.2, 0.25) is 0 Å². The third-order valence-corrected chi connectivity index (χ3v) is 3.35. The standard InChI is InChI=1S/C14H20N2O2/c1-4-18-14(17)11-8-15-13(10-6-5-7-10)16-12(11)9(2)3/h8-10H,4-7H2,1-3H3. The lowest BCUT2D eigenvalue weighted by atomic mass is 9.84. The average Bonchev–Trinajstić information content (AvgIpc) is 2.26. The van der Waals surface area contributed by atoms with E-state index in [0.717, 1.165) is 24.4 Å². The molecule has 0 unspecified atom stereocenters. The topological polar surface area (TPSA) is 52.1 Å². The van der Waals surface area contributed by atoms with Gasteiger partial charge in [-0.1, -0.05) is 20.3 Å². The first-order valence-electron chi connectivity index (χ1n) is 6.67. The van der Waals surface area contributed by atoms with Gasteiger partial charge >= 0.3 is 5.97 Å². The second-order valence-corrected chi connectivity index (χ2v) is 5.03. The Balaban J connectivity index is 2.31. The highest BCUT2D eigenvalue weighted by Crippen LogP contribution is 2.35. The minimum Gasteiger partial charge on any atom is -0.462 e. The van der Waals surface area contributed by atoms with Gasteiger partial charge in [-0.3, -0.25) is 0 Å². The van der Waals surface area contributed by atoms with Crippen molar-refractivity contribution in [2.24, 2.45) is 0 Å². The van der Waals surface area contributed by atoms with E-state index in [1.807, 2.05) is 13.8 Å². The van der Waals surface area contributed by atoms with Crippen molar-refractivity contribution in [2.45, 2.75) is 51.9 Å². The lowest BCUT2D eigenvalue weighted by molar-refractivity contribution is 0.0523. The Morgan fingerprint density at radius 3 is 2.72 bits per heavy atom. The summed E-state index contributed by atoms with van der Waals surface area (Å²) in [6, 6.07) is 0. The van der Waals surface area contributed by atoms with Gasteiger partial charge in [-0.2, -0.15) is 0 Å². The summed E-state index contributed by atoms with van der Waals surface area (Å²) < 4.78 is 5.04. The van der Waals surface area contributed by atoms with Crippen molar-refractivity contribution in [3.05, 3.63) is 23.3 Å². The fourth-order valence-corrected chi connectivity index (χ4v) is 2.08. The Kier molecular flexibility index (Phi) is 3.94. The molecular formula is C14H20N2O2. The van der Waals surface area contributed by atoms with E-state index in [1.165, 1.54) is 6.42 Å². The summed E-state index contributed by atoms with van der Waals surface area (Å²) in [7, 11) is 0. The predicted octanol–water partition coefficient (Wildman–Crippen LogP) is 3.04. The highest BCUT2D eigenvalue weighted by molar-refractivity contribution is 5.90. The van der Waals surface area contributed by atoms with Crippen LogP contribution in [0.4, 0.5) is 0 Å². The highest BCUT2D eigenvalue weighted by atomic mass is 16.5. The molecule has 1 aliphatic rings. The van der Waals surface area contributed by atoms with Gasteiger partial charge in [0.2, 0.25) is 0 Å². The molecule has 0 radical (unpaired) electrons. The van der Waals surface area contributed by atoms with E-state index in [2.05, 4.69) is 9.97 Å². The van der Waals surface area contributed by atoms with Crippen LogP contribution in [0.3, 0.4) is 0 Å². The number of ether oxygens (including phenoxy) is 1. The van der Waals surface area contributed by atoms with Crippen molar-refractivity contribution in [1.29, 1.82) is 0 Å². The average molecular weight is 248 g/mol. The Hall–Kier alpha value is -1.45. The normalized spacial score (nSPS) is 15.6. The molecule has 0 saturated heterocycles. The largest absolute Gasteiger partial charge is 0.462 e. The van der Waals surface area contributed by atoms with Crippen molar-refractivity contribution in [2.75, 3.05) is 6.61 Å². The van der Waals surface area contributed by atoms with E-state index in [9.17, 15) is 4.79 Å². The summed E-state index contributed by atoms with van der Waals surface area (Å²) >= 11 is 0. The molecule has 1 aromatic heterocycles. The summed E-state index contributed by atoms with van der Waals surface area (Å²) in [4.78, 5) is 20.8. The Bertz CT molecular complexity index is 439. The van der Waals surface area contributed by atoms with E-state index >= 15 is 0 Å². The number of rotatable bonds is 4. The van der Waals surface area contributed by atoms with Gasteiger partial charge in [-0.25, -0.2) is 14.8 Å². The Morgan fingerprint density at radius 2 is 2.22 bits per heavy atom. The minimum atomic E-state index is -0.318. The van der Waals surface area contributed by atoms with Crippen LogP contribution in [-0.2, 0) is 4.74 Å². The number of aromatic nitrogens is 2. The Labute approximate surface area is 108 Å².